The van der Waals surface area contributed by atoms with Gasteiger partial charge in [0, 0.05) is 12.6 Å². The van der Waals surface area contributed by atoms with E-state index >= 15 is 0 Å². The highest BCUT2D eigenvalue weighted by Gasteiger charge is 2.34. The summed E-state index contributed by atoms with van der Waals surface area (Å²) in [6.07, 6.45) is 0.931. The van der Waals surface area contributed by atoms with Crippen LogP contribution >= 0.6 is 0 Å². The summed E-state index contributed by atoms with van der Waals surface area (Å²) >= 11 is 0. The lowest BCUT2D eigenvalue weighted by Gasteiger charge is -2.34. The monoisotopic (exact) mass is 549 g/mol. The summed E-state index contributed by atoms with van der Waals surface area (Å²) in [6, 6.07) is 22.4. The van der Waals surface area contributed by atoms with Crippen LogP contribution in [0.2, 0.25) is 0 Å². The molecular formula is C31H39N3O4S. The number of nitrogens with zero attached hydrogens (tertiary/aromatic N) is 2. The lowest BCUT2D eigenvalue weighted by atomic mass is 10.1. The molecule has 0 unspecified atom stereocenters. The highest BCUT2D eigenvalue weighted by atomic mass is 32.2. The summed E-state index contributed by atoms with van der Waals surface area (Å²) in [5.74, 6) is -0.685. The van der Waals surface area contributed by atoms with Gasteiger partial charge in [0.25, 0.3) is 10.0 Å². The van der Waals surface area contributed by atoms with Gasteiger partial charge < -0.3 is 10.2 Å². The molecule has 0 aliphatic carbocycles. The first-order chi connectivity index (χ1) is 18.6. The van der Waals surface area contributed by atoms with Crippen molar-refractivity contribution in [2.45, 2.75) is 64.4 Å². The van der Waals surface area contributed by atoms with Crippen LogP contribution in [0.3, 0.4) is 0 Å². The van der Waals surface area contributed by atoms with Gasteiger partial charge in [0.15, 0.2) is 0 Å². The van der Waals surface area contributed by atoms with E-state index in [0.717, 1.165) is 16.7 Å². The zero-order chi connectivity index (χ0) is 28.6. The van der Waals surface area contributed by atoms with Crippen molar-refractivity contribution in [3.63, 3.8) is 0 Å². The fraction of sp³-hybridized carbons (Fsp3) is 0.355. The molecule has 39 heavy (non-hydrogen) atoms. The van der Waals surface area contributed by atoms with Gasteiger partial charge >= 0.3 is 0 Å². The van der Waals surface area contributed by atoms with E-state index in [1.165, 1.54) is 21.3 Å². The number of carbonyl (C=O) groups is 2. The van der Waals surface area contributed by atoms with Crippen molar-refractivity contribution in [2.24, 2.45) is 0 Å². The number of amides is 2. The normalized spacial score (nSPS) is 12.2. The van der Waals surface area contributed by atoms with Crippen molar-refractivity contribution in [3.05, 3.63) is 95.6 Å². The standard InChI is InChI=1S/C31H39N3O4S/c1-6-28(31(36)32-23(2)3)33(21-20-26-15-9-7-10-16-26)30(35)22-34(29-19-13-14-24(4)25(29)5)39(37,38)27-17-11-8-12-18-27/h7-19,23,28H,6,20-22H2,1-5H3,(H,32,36)/t28-/m1/s1. The largest absolute Gasteiger partial charge is 0.352 e. The van der Waals surface area contributed by atoms with E-state index in [0.29, 0.717) is 18.5 Å². The minimum Gasteiger partial charge on any atom is -0.352 e. The lowest BCUT2D eigenvalue weighted by Crippen LogP contribution is -2.54. The zero-order valence-corrected chi connectivity index (χ0v) is 24.2. The van der Waals surface area contributed by atoms with Gasteiger partial charge in [0.2, 0.25) is 11.8 Å². The van der Waals surface area contributed by atoms with Crippen molar-refractivity contribution < 1.29 is 18.0 Å². The van der Waals surface area contributed by atoms with Crippen LogP contribution in [0.15, 0.2) is 83.8 Å². The van der Waals surface area contributed by atoms with Crippen molar-refractivity contribution >= 4 is 27.5 Å². The summed E-state index contributed by atoms with van der Waals surface area (Å²) in [6.45, 7) is 9.20. The van der Waals surface area contributed by atoms with Crippen LogP contribution in [0, 0.1) is 13.8 Å². The molecule has 7 nitrogen and oxygen atoms in total. The molecule has 8 heteroatoms. The van der Waals surface area contributed by atoms with Crippen LogP contribution in [0.4, 0.5) is 5.69 Å². The van der Waals surface area contributed by atoms with Crippen molar-refractivity contribution in [1.29, 1.82) is 0 Å². The summed E-state index contributed by atoms with van der Waals surface area (Å²) in [4.78, 5) is 28.9. The first kappa shape index (κ1) is 29.9. The second-order valence-electron chi connectivity index (χ2n) is 9.95. The minimum absolute atomic E-state index is 0.0949. The minimum atomic E-state index is -4.08. The van der Waals surface area contributed by atoms with Gasteiger partial charge in [-0.1, -0.05) is 67.6 Å². The Morgan fingerprint density at radius 2 is 1.49 bits per heavy atom. The van der Waals surface area contributed by atoms with Crippen LogP contribution in [-0.4, -0.2) is 50.3 Å². The van der Waals surface area contributed by atoms with Crippen molar-refractivity contribution in [2.75, 3.05) is 17.4 Å². The third-order valence-corrected chi connectivity index (χ3v) is 8.53. The number of nitrogens with one attached hydrogen (secondary N) is 1. The molecule has 0 aliphatic heterocycles. The van der Waals surface area contributed by atoms with Gasteiger partial charge in [0.1, 0.15) is 12.6 Å². The number of sulfonamides is 1. The van der Waals surface area contributed by atoms with E-state index in [9.17, 15) is 18.0 Å². The van der Waals surface area contributed by atoms with Crippen molar-refractivity contribution in [3.8, 4) is 0 Å². The quantitative estimate of drug-likeness (QED) is 0.349. The molecule has 2 amide bonds. The molecule has 0 aliphatic rings. The molecule has 1 atom stereocenters. The molecule has 208 valence electrons. The molecule has 3 aromatic carbocycles. The Balaban J connectivity index is 2.04. The first-order valence-corrected chi connectivity index (χ1v) is 14.8. The fourth-order valence-electron chi connectivity index (χ4n) is 4.52. The second-order valence-corrected chi connectivity index (χ2v) is 11.8. The zero-order valence-electron chi connectivity index (χ0n) is 23.4. The lowest BCUT2D eigenvalue weighted by molar-refractivity contribution is -0.139. The van der Waals surface area contributed by atoms with E-state index in [1.807, 2.05) is 71.0 Å². The SMILES string of the molecule is CC[C@H](C(=O)NC(C)C)N(CCc1ccccc1)C(=O)CN(c1cccc(C)c1C)S(=O)(=O)c1ccccc1. The summed E-state index contributed by atoms with van der Waals surface area (Å²) in [7, 11) is -4.08. The second kappa shape index (κ2) is 13.4. The predicted octanol–water partition coefficient (Wildman–Crippen LogP) is 4.87. The molecule has 3 aromatic rings. The topological polar surface area (TPSA) is 86.8 Å². The number of hydrogen-bond acceptors (Lipinski definition) is 4. The van der Waals surface area contributed by atoms with Crippen molar-refractivity contribution in [1.82, 2.24) is 10.2 Å². The third kappa shape index (κ3) is 7.47. The summed E-state index contributed by atoms with van der Waals surface area (Å²) in [5.41, 5.74) is 3.15. The van der Waals surface area contributed by atoms with Gasteiger partial charge in [0.05, 0.1) is 10.6 Å². The fourth-order valence-corrected chi connectivity index (χ4v) is 6.01. The van der Waals surface area contributed by atoms with Crippen LogP contribution in [0.25, 0.3) is 0 Å². The van der Waals surface area contributed by atoms with Gasteiger partial charge in [-0.05, 0) is 75.4 Å². The van der Waals surface area contributed by atoms with Gasteiger partial charge in [-0.15, -0.1) is 0 Å². The van der Waals surface area contributed by atoms with Crippen LogP contribution < -0.4 is 9.62 Å². The molecule has 0 saturated heterocycles. The molecule has 1 N–H and O–H groups in total. The smallest absolute Gasteiger partial charge is 0.264 e. The molecule has 3 rings (SSSR count). The molecule has 0 radical (unpaired) electrons. The molecule has 0 fully saturated rings. The number of anilines is 1. The number of aryl methyl sites for hydroxylation is 1. The van der Waals surface area contributed by atoms with E-state index in [-0.39, 0.29) is 23.4 Å². The summed E-state index contributed by atoms with van der Waals surface area (Å²) < 4.78 is 29.0. The Bertz CT molecular complexity index is 1360. The molecule has 0 saturated carbocycles. The molecule has 0 aromatic heterocycles. The van der Waals surface area contributed by atoms with Crippen LogP contribution in [0.5, 0.6) is 0 Å². The first-order valence-electron chi connectivity index (χ1n) is 13.3. The maximum absolute atomic E-state index is 14.1. The van der Waals surface area contributed by atoms with Gasteiger partial charge in [-0.25, -0.2) is 8.42 Å². The maximum atomic E-state index is 14.1. The third-order valence-electron chi connectivity index (χ3n) is 6.76. The Morgan fingerprint density at radius 3 is 2.08 bits per heavy atom. The Kier molecular flexibility index (Phi) is 10.3. The predicted molar refractivity (Wildman–Crippen MR) is 156 cm³/mol. The Morgan fingerprint density at radius 1 is 0.872 bits per heavy atom. The number of benzene rings is 3. The highest BCUT2D eigenvalue weighted by molar-refractivity contribution is 7.92. The average molecular weight is 550 g/mol. The Hall–Kier alpha value is -3.65. The van der Waals surface area contributed by atoms with E-state index in [1.54, 1.807) is 30.3 Å². The van der Waals surface area contributed by atoms with Crippen LogP contribution in [-0.2, 0) is 26.0 Å². The van der Waals surface area contributed by atoms with E-state index < -0.39 is 28.5 Å². The molecule has 0 bridgehead atoms. The number of hydrogen-bond donors (Lipinski definition) is 1. The highest BCUT2D eigenvalue weighted by Crippen LogP contribution is 2.29. The van der Waals surface area contributed by atoms with E-state index in [2.05, 4.69) is 5.32 Å². The van der Waals surface area contributed by atoms with E-state index in [4.69, 9.17) is 0 Å². The Labute approximate surface area is 232 Å². The molecule has 0 spiro atoms. The van der Waals surface area contributed by atoms with Gasteiger partial charge in [-0.3, -0.25) is 13.9 Å². The molecule has 0 heterocycles. The van der Waals surface area contributed by atoms with Crippen LogP contribution in [0.1, 0.15) is 43.9 Å². The maximum Gasteiger partial charge on any atom is 0.264 e. The number of rotatable bonds is 12. The molecular weight excluding hydrogens is 510 g/mol. The van der Waals surface area contributed by atoms with Gasteiger partial charge in [-0.2, -0.15) is 0 Å². The average Bonchev–Trinajstić information content (AvgIpc) is 2.91. The number of carbonyl (C=O) groups excluding carboxylic acids is 2. The summed E-state index contributed by atoms with van der Waals surface area (Å²) in [5, 5.41) is 2.92.